The van der Waals surface area contributed by atoms with Crippen LogP contribution in [-0.2, 0) is 17.1 Å². The zero-order valence-electron chi connectivity index (χ0n) is 14.6. The Morgan fingerprint density at radius 1 is 1.26 bits per heavy atom. The third-order valence-corrected chi connectivity index (χ3v) is 7.93. The summed E-state index contributed by atoms with van der Waals surface area (Å²) in [6.07, 6.45) is 3.23. The second-order valence-corrected chi connectivity index (χ2v) is 10.00. The minimum absolute atomic E-state index is 0.149. The van der Waals surface area contributed by atoms with Crippen LogP contribution in [0.5, 0.6) is 0 Å². The summed E-state index contributed by atoms with van der Waals surface area (Å²) in [6, 6.07) is 5.35. The Hall–Kier alpha value is -2.01. The Labute approximate surface area is 165 Å². The molecule has 1 saturated heterocycles. The van der Waals surface area contributed by atoms with Crippen molar-refractivity contribution in [3.05, 3.63) is 40.8 Å². The van der Waals surface area contributed by atoms with Gasteiger partial charge in [0.15, 0.2) is 5.13 Å². The van der Waals surface area contributed by atoms with Gasteiger partial charge in [-0.15, -0.1) is 22.7 Å². The van der Waals surface area contributed by atoms with Gasteiger partial charge in [-0.25, -0.2) is 13.4 Å². The summed E-state index contributed by atoms with van der Waals surface area (Å²) in [7, 11) is -1.89. The van der Waals surface area contributed by atoms with Crippen molar-refractivity contribution in [2.45, 2.75) is 17.7 Å². The number of hydrogen-bond acceptors (Lipinski definition) is 6. The molecule has 1 aliphatic heterocycles. The molecule has 0 saturated carbocycles. The maximum Gasteiger partial charge on any atom is 0.274 e. The van der Waals surface area contributed by atoms with Crippen molar-refractivity contribution in [1.82, 2.24) is 13.9 Å². The van der Waals surface area contributed by atoms with E-state index >= 15 is 0 Å². The first-order chi connectivity index (χ1) is 12.9. The second kappa shape index (κ2) is 7.19. The number of carbonyl (C=O) groups is 1. The van der Waals surface area contributed by atoms with E-state index in [1.165, 1.54) is 32.5 Å². The van der Waals surface area contributed by atoms with Gasteiger partial charge in [-0.2, -0.15) is 4.31 Å². The van der Waals surface area contributed by atoms with Crippen molar-refractivity contribution in [3.8, 4) is 10.6 Å². The van der Waals surface area contributed by atoms with E-state index in [-0.39, 0.29) is 16.5 Å². The van der Waals surface area contributed by atoms with Gasteiger partial charge >= 0.3 is 0 Å². The highest BCUT2D eigenvalue weighted by Crippen LogP contribution is 2.29. The topological polar surface area (TPSA) is 84.3 Å². The molecule has 0 unspecified atom stereocenters. The third kappa shape index (κ3) is 3.57. The largest absolute Gasteiger partial charge is 0.345 e. The van der Waals surface area contributed by atoms with Gasteiger partial charge in [0.25, 0.3) is 5.91 Å². The SMILES string of the molecule is Cn1cc(S(=O)(=O)N2CCCC2)cc1C(=O)Nc1nc(-c2cccs2)cs1. The van der Waals surface area contributed by atoms with E-state index in [0.717, 1.165) is 23.4 Å². The van der Waals surface area contributed by atoms with Crippen LogP contribution < -0.4 is 5.32 Å². The average Bonchev–Trinajstić information content (AvgIpc) is 3.41. The van der Waals surface area contributed by atoms with Gasteiger partial charge in [-0.1, -0.05) is 6.07 Å². The molecule has 27 heavy (non-hydrogen) atoms. The van der Waals surface area contributed by atoms with Crippen molar-refractivity contribution in [2.24, 2.45) is 7.05 Å². The molecule has 0 radical (unpaired) electrons. The van der Waals surface area contributed by atoms with Gasteiger partial charge < -0.3 is 4.57 Å². The molecule has 1 N–H and O–H groups in total. The molecule has 4 rings (SSSR count). The van der Waals surface area contributed by atoms with Gasteiger partial charge in [-0.3, -0.25) is 10.1 Å². The van der Waals surface area contributed by atoms with Crippen LogP contribution in [0.25, 0.3) is 10.6 Å². The molecule has 1 fully saturated rings. The standard InChI is InChI=1S/C17H18N4O3S3/c1-20-10-12(27(23,24)21-6-2-3-7-21)9-14(20)16(22)19-17-18-13(11-26-17)15-5-4-8-25-15/h4-5,8-11H,2-3,6-7H2,1H3,(H,18,19,22). The fraction of sp³-hybridized carbons (Fsp3) is 0.294. The lowest BCUT2D eigenvalue weighted by Crippen LogP contribution is -2.27. The highest BCUT2D eigenvalue weighted by atomic mass is 32.2. The molecule has 0 spiro atoms. The summed E-state index contributed by atoms with van der Waals surface area (Å²) in [5.41, 5.74) is 1.09. The third-order valence-electron chi connectivity index (χ3n) is 4.41. The van der Waals surface area contributed by atoms with Crippen LogP contribution in [0.15, 0.2) is 40.1 Å². The van der Waals surface area contributed by atoms with E-state index in [1.54, 1.807) is 18.4 Å². The fourth-order valence-electron chi connectivity index (χ4n) is 3.01. The fourth-order valence-corrected chi connectivity index (χ4v) is 6.06. The number of thiazole rings is 1. The number of aryl methyl sites for hydroxylation is 1. The molecular formula is C17H18N4O3S3. The lowest BCUT2D eigenvalue weighted by atomic mass is 10.4. The minimum atomic E-state index is -3.55. The molecule has 0 bridgehead atoms. The zero-order valence-corrected chi connectivity index (χ0v) is 17.0. The van der Waals surface area contributed by atoms with E-state index in [0.29, 0.717) is 18.2 Å². The number of thiophene rings is 1. The number of carbonyl (C=O) groups excluding carboxylic acids is 1. The van der Waals surface area contributed by atoms with Crippen molar-refractivity contribution in [2.75, 3.05) is 18.4 Å². The molecule has 1 aliphatic rings. The molecule has 0 atom stereocenters. The summed E-state index contributed by atoms with van der Waals surface area (Å²) < 4.78 is 28.4. The number of aromatic nitrogens is 2. The van der Waals surface area contributed by atoms with Gasteiger partial charge in [0.1, 0.15) is 10.6 Å². The lowest BCUT2D eigenvalue weighted by molar-refractivity contribution is 0.101. The second-order valence-electron chi connectivity index (χ2n) is 6.25. The Balaban J connectivity index is 1.53. The number of nitrogens with zero attached hydrogens (tertiary/aromatic N) is 3. The molecule has 1 amide bonds. The first kappa shape index (κ1) is 18.4. The molecule has 4 heterocycles. The molecular weight excluding hydrogens is 404 g/mol. The summed E-state index contributed by atoms with van der Waals surface area (Å²) in [6.45, 7) is 1.06. The first-order valence-electron chi connectivity index (χ1n) is 8.42. The van der Waals surface area contributed by atoms with Crippen LogP contribution in [0.3, 0.4) is 0 Å². The normalized spacial score (nSPS) is 15.3. The van der Waals surface area contributed by atoms with E-state index in [9.17, 15) is 13.2 Å². The monoisotopic (exact) mass is 422 g/mol. The maximum atomic E-state index is 12.7. The van der Waals surface area contributed by atoms with Gasteiger partial charge in [0.2, 0.25) is 10.0 Å². The van der Waals surface area contributed by atoms with Gasteiger partial charge in [-0.05, 0) is 30.4 Å². The summed E-state index contributed by atoms with van der Waals surface area (Å²) >= 11 is 2.92. The number of rotatable bonds is 5. The average molecular weight is 423 g/mol. The summed E-state index contributed by atoms with van der Waals surface area (Å²) in [5.74, 6) is -0.382. The van der Waals surface area contributed by atoms with E-state index < -0.39 is 10.0 Å². The van der Waals surface area contributed by atoms with Crippen molar-refractivity contribution in [3.63, 3.8) is 0 Å². The van der Waals surface area contributed by atoms with E-state index in [2.05, 4.69) is 10.3 Å². The molecule has 10 heteroatoms. The van der Waals surface area contributed by atoms with Gasteiger partial charge in [0, 0.05) is 31.7 Å². The van der Waals surface area contributed by atoms with Crippen LogP contribution in [0, 0.1) is 0 Å². The van der Waals surface area contributed by atoms with Crippen LogP contribution in [0.2, 0.25) is 0 Å². The molecule has 0 aromatic carbocycles. The van der Waals surface area contributed by atoms with Crippen LogP contribution in [0.1, 0.15) is 23.3 Å². The van der Waals surface area contributed by atoms with Crippen LogP contribution in [-0.4, -0.2) is 41.3 Å². The van der Waals surface area contributed by atoms with Gasteiger partial charge in [0.05, 0.1) is 10.6 Å². The Morgan fingerprint density at radius 3 is 2.74 bits per heavy atom. The molecule has 7 nitrogen and oxygen atoms in total. The molecule has 3 aromatic heterocycles. The Morgan fingerprint density at radius 2 is 2.04 bits per heavy atom. The van der Waals surface area contributed by atoms with E-state index in [1.807, 2.05) is 22.9 Å². The Kier molecular flexibility index (Phi) is 4.89. The highest BCUT2D eigenvalue weighted by molar-refractivity contribution is 7.89. The summed E-state index contributed by atoms with van der Waals surface area (Å²) in [4.78, 5) is 18.2. The Bertz CT molecular complexity index is 1060. The smallest absolute Gasteiger partial charge is 0.274 e. The van der Waals surface area contributed by atoms with Crippen LogP contribution in [0.4, 0.5) is 5.13 Å². The molecule has 3 aromatic rings. The number of amides is 1. The summed E-state index contributed by atoms with van der Waals surface area (Å²) in [5, 5.41) is 7.10. The van der Waals surface area contributed by atoms with E-state index in [4.69, 9.17) is 0 Å². The predicted molar refractivity (Wildman–Crippen MR) is 107 cm³/mol. The number of nitrogens with one attached hydrogen (secondary N) is 1. The maximum absolute atomic E-state index is 12.7. The first-order valence-corrected chi connectivity index (χ1v) is 11.6. The predicted octanol–water partition coefficient (Wildman–Crippen LogP) is 3.25. The van der Waals surface area contributed by atoms with Crippen molar-refractivity contribution >= 4 is 43.7 Å². The van der Waals surface area contributed by atoms with Crippen LogP contribution >= 0.6 is 22.7 Å². The van der Waals surface area contributed by atoms with Crippen molar-refractivity contribution in [1.29, 1.82) is 0 Å². The van der Waals surface area contributed by atoms with Crippen molar-refractivity contribution < 1.29 is 13.2 Å². The zero-order chi connectivity index (χ0) is 19.0. The highest BCUT2D eigenvalue weighted by Gasteiger charge is 2.29. The molecule has 0 aliphatic carbocycles. The number of anilines is 1. The number of sulfonamides is 1. The quantitative estimate of drug-likeness (QED) is 0.684. The number of hydrogen-bond donors (Lipinski definition) is 1. The minimum Gasteiger partial charge on any atom is -0.345 e. The molecule has 142 valence electrons. The lowest BCUT2D eigenvalue weighted by Gasteiger charge is -2.13.